The van der Waals surface area contributed by atoms with E-state index in [1.807, 2.05) is 0 Å². The molecule has 0 saturated heterocycles. The topological polar surface area (TPSA) is 40.0 Å². The summed E-state index contributed by atoms with van der Waals surface area (Å²) in [6, 6.07) is 4.82. The first-order chi connectivity index (χ1) is 4.74. The molecule has 0 radical (unpaired) electrons. The van der Waals surface area contributed by atoms with Gasteiger partial charge in [-0.15, -0.1) is 0 Å². The summed E-state index contributed by atoms with van der Waals surface area (Å²) in [4.78, 5) is 10.3. The van der Waals surface area contributed by atoms with Crippen LogP contribution in [0.2, 0.25) is 0 Å². The van der Waals surface area contributed by atoms with Crippen molar-refractivity contribution in [3.63, 3.8) is 0 Å². The minimum Gasteiger partial charge on any atom is -0.593 e. The molecule has 0 amide bonds. The number of aldehydes is 1. The monoisotopic (exact) mass is 201 g/mol. The molecule has 1 aromatic carbocycles. The smallest absolute Gasteiger partial charge is 0.254 e. The van der Waals surface area contributed by atoms with Crippen molar-refractivity contribution in [2.24, 2.45) is 0 Å². The highest BCUT2D eigenvalue weighted by Gasteiger charge is 2.00. The maximum Gasteiger partial charge on any atom is 0.254 e. The van der Waals surface area contributed by atoms with Crippen LogP contribution in [0.5, 0.6) is 5.75 Å². The van der Waals surface area contributed by atoms with Gasteiger partial charge in [0.2, 0.25) is 0 Å². The summed E-state index contributed by atoms with van der Waals surface area (Å²) in [5.74, 6) is 0.352. The van der Waals surface area contributed by atoms with Gasteiger partial charge in [-0.05, 0) is 6.07 Å². The molecule has 1 rings (SSSR count). The van der Waals surface area contributed by atoms with E-state index >= 15 is 0 Å². The highest BCUT2D eigenvalue weighted by Crippen LogP contribution is 2.19. The molecular formula is C7H6BrO2+. The van der Waals surface area contributed by atoms with Crippen LogP contribution in [-0.2, 0) is 0 Å². The molecule has 0 fully saturated rings. The van der Waals surface area contributed by atoms with E-state index in [0.717, 1.165) is 10.8 Å². The quantitative estimate of drug-likeness (QED) is 0.504. The molecule has 10 heavy (non-hydrogen) atoms. The molecule has 52 valence electrons. The molecule has 0 aliphatic heterocycles. The maximum absolute atomic E-state index is 10.3. The largest absolute Gasteiger partial charge is 0.593 e. The van der Waals surface area contributed by atoms with Crippen molar-refractivity contribution in [1.82, 2.24) is 0 Å². The predicted octanol–water partition coefficient (Wildman–Crippen LogP) is 1.70. The summed E-state index contributed by atoms with van der Waals surface area (Å²) < 4.78 is 0.735. The van der Waals surface area contributed by atoms with Gasteiger partial charge in [0.25, 0.3) is 5.75 Å². The van der Waals surface area contributed by atoms with Gasteiger partial charge >= 0.3 is 0 Å². The van der Waals surface area contributed by atoms with Gasteiger partial charge in [-0.2, -0.15) is 0 Å². The van der Waals surface area contributed by atoms with Crippen LogP contribution in [0, 0.1) is 0 Å². The maximum atomic E-state index is 10.3. The number of hydrogen-bond acceptors (Lipinski definition) is 1. The SMILES string of the molecule is O=Cc1cc([OH2+])ccc1Br. The van der Waals surface area contributed by atoms with E-state index < -0.39 is 0 Å². The third-order valence-corrected chi connectivity index (χ3v) is 1.85. The second-order valence-corrected chi connectivity index (χ2v) is 2.71. The molecule has 0 heterocycles. The minimum atomic E-state index is 0.352. The summed E-state index contributed by atoms with van der Waals surface area (Å²) in [7, 11) is 0. The summed E-state index contributed by atoms with van der Waals surface area (Å²) >= 11 is 3.18. The van der Waals surface area contributed by atoms with E-state index in [1.54, 1.807) is 12.1 Å². The third-order valence-electron chi connectivity index (χ3n) is 1.12. The van der Waals surface area contributed by atoms with E-state index in [1.165, 1.54) is 6.07 Å². The third kappa shape index (κ3) is 1.36. The summed E-state index contributed by atoms with van der Waals surface area (Å²) in [5.41, 5.74) is 0.521. The molecule has 0 aromatic heterocycles. The minimum absolute atomic E-state index is 0.352. The lowest BCUT2D eigenvalue weighted by Crippen LogP contribution is -1.79. The summed E-state index contributed by atoms with van der Waals surface area (Å²) in [6.45, 7) is 0. The van der Waals surface area contributed by atoms with Crippen molar-refractivity contribution < 1.29 is 9.90 Å². The Morgan fingerprint density at radius 2 is 2.20 bits per heavy atom. The molecule has 2 nitrogen and oxygen atoms in total. The Labute approximate surface area is 66.6 Å². The van der Waals surface area contributed by atoms with Gasteiger partial charge in [-0.25, -0.2) is 0 Å². The van der Waals surface area contributed by atoms with Crippen LogP contribution < -0.4 is 0 Å². The van der Waals surface area contributed by atoms with Crippen LogP contribution >= 0.6 is 15.9 Å². The molecule has 0 unspecified atom stereocenters. The Balaban J connectivity index is 3.21. The van der Waals surface area contributed by atoms with Gasteiger partial charge in [-0.3, -0.25) is 4.79 Å². The van der Waals surface area contributed by atoms with Crippen LogP contribution in [0.25, 0.3) is 0 Å². The van der Waals surface area contributed by atoms with Gasteiger partial charge in [-0.1, -0.05) is 15.9 Å². The number of halogens is 1. The highest BCUT2D eigenvalue weighted by molar-refractivity contribution is 9.10. The number of carbonyl (C=O) groups is 1. The second-order valence-electron chi connectivity index (χ2n) is 1.85. The van der Waals surface area contributed by atoms with Crippen LogP contribution in [0.1, 0.15) is 10.4 Å². The first-order valence-electron chi connectivity index (χ1n) is 2.70. The van der Waals surface area contributed by atoms with Gasteiger partial charge in [0, 0.05) is 22.2 Å². The van der Waals surface area contributed by atoms with Crippen molar-refractivity contribution in [3.05, 3.63) is 28.2 Å². The zero-order valence-corrected chi connectivity index (χ0v) is 6.68. The lowest BCUT2D eigenvalue weighted by Gasteiger charge is -1.92. The first-order valence-corrected chi connectivity index (χ1v) is 3.49. The van der Waals surface area contributed by atoms with Gasteiger partial charge < -0.3 is 5.11 Å². The van der Waals surface area contributed by atoms with Crippen LogP contribution in [-0.4, -0.2) is 11.4 Å². The van der Waals surface area contributed by atoms with Crippen LogP contribution in [0.4, 0.5) is 0 Å². The molecule has 0 bridgehead atoms. The van der Waals surface area contributed by atoms with Crippen molar-refractivity contribution in [1.29, 1.82) is 0 Å². The number of benzene rings is 1. The predicted molar refractivity (Wildman–Crippen MR) is 42.6 cm³/mol. The average Bonchev–Trinajstić information content (AvgIpc) is 1.94. The lowest BCUT2D eigenvalue weighted by atomic mass is 10.2. The van der Waals surface area contributed by atoms with Crippen LogP contribution in [0.3, 0.4) is 0 Å². The summed E-state index contributed by atoms with van der Waals surface area (Å²) in [6.07, 6.45) is 0.724. The Bertz CT molecular complexity index is 258. The van der Waals surface area contributed by atoms with E-state index in [2.05, 4.69) is 15.9 Å². The second kappa shape index (κ2) is 2.84. The fourth-order valence-corrected chi connectivity index (χ4v) is 0.974. The van der Waals surface area contributed by atoms with Gasteiger partial charge in [0.15, 0.2) is 6.29 Å². The van der Waals surface area contributed by atoms with Crippen molar-refractivity contribution >= 4 is 22.2 Å². The fraction of sp³-hybridized carbons (Fsp3) is 0. The highest BCUT2D eigenvalue weighted by atomic mass is 79.9. The number of carbonyl (C=O) groups excluding carboxylic acids is 1. The van der Waals surface area contributed by atoms with Crippen molar-refractivity contribution in [3.8, 4) is 5.75 Å². The molecule has 0 aliphatic carbocycles. The molecule has 2 N–H and O–H groups in total. The normalized spacial score (nSPS) is 9.30. The molecule has 0 aliphatic rings. The molecule has 3 heteroatoms. The van der Waals surface area contributed by atoms with Gasteiger partial charge in [0.05, 0.1) is 0 Å². The Morgan fingerprint density at radius 3 is 2.70 bits per heavy atom. The van der Waals surface area contributed by atoms with Crippen molar-refractivity contribution in [2.45, 2.75) is 0 Å². The molecular weight excluding hydrogens is 196 g/mol. The first kappa shape index (κ1) is 7.28. The molecule has 1 aromatic rings. The molecule has 0 saturated carbocycles. The van der Waals surface area contributed by atoms with E-state index in [-0.39, 0.29) is 0 Å². The fourth-order valence-electron chi connectivity index (χ4n) is 0.634. The molecule has 0 atom stereocenters. The van der Waals surface area contributed by atoms with E-state index in [4.69, 9.17) is 5.11 Å². The summed E-state index contributed by atoms with van der Waals surface area (Å²) in [5, 5.41) is 7.16. The average molecular weight is 202 g/mol. The van der Waals surface area contributed by atoms with Crippen molar-refractivity contribution in [2.75, 3.05) is 0 Å². The Morgan fingerprint density at radius 1 is 1.50 bits per heavy atom. The Hall–Kier alpha value is -0.830. The van der Waals surface area contributed by atoms with E-state index in [0.29, 0.717) is 11.3 Å². The standard InChI is InChI=1S/C7H5BrO2/c8-7-2-1-6(10)3-5(7)4-9/h1-4,10H/p+1. The van der Waals surface area contributed by atoms with E-state index in [9.17, 15) is 4.79 Å². The zero-order chi connectivity index (χ0) is 7.56. The molecule has 0 spiro atoms. The Kier molecular flexibility index (Phi) is 2.06. The number of hydrogen-bond donors (Lipinski definition) is 0. The van der Waals surface area contributed by atoms with Gasteiger partial charge in [0.1, 0.15) is 0 Å². The van der Waals surface area contributed by atoms with Crippen LogP contribution in [0.15, 0.2) is 22.7 Å². The zero-order valence-electron chi connectivity index (χ0n) is 5.10. The lowest BCUT2D eigenvalue weighted by molar-refractivity contribution is 0.112. The number of rotatable bonds is 1.